The molecule has 9 aromatic carbocycles. The summed E-state index contributed by atoms with van der Waals surface area (Å²) in [7, 11) is 0. The van der Waals surface area contributed by atoms with Crippen molar-refractivity contribution in [2.75, 3.05) is 4.90 Å². The van der Waals surface area contributed by atoms with E-state index < -0.39 is 23.0 Å². The Hall–Kier alpha value is -6.80. The quantitative estimate of drug-likeness (QED) is 0.106. The van der Waals surface area contributed by atoms with Crippen molar-refractivity contribution in [2.24, 2.45) is 0 Å². The zero-order chi connectivity index (χ0) is 37.8. The molecule has 0 radical (unpaired) electrons. The Morgan fingerprint density at radius 1 is 0.429 bits per heavy atom. The molecule has 0 aliphatic rings. The molecule has 0 aliphatic carbocycles. The second-order valence-electron chi connectivity index (χ2n) is 14.3. The third-order valence-electron chi connectivity index (χ3n) is 11.2. The van der Waals surface area contributed by atoms with Crippen molar-refractivity contribution in [1.82, 2.24) is 0 Å². The minimum absolute atomic E-state index is 0.0123. The number of anilines is 3. The van der Waals surface area contributed by atoms with Gasteiger partial charge in [0.2, 0.25) is 0 Å². The van der Waals surface area contributed by atoms with E-state index in [4.69, 9.17) is 0 Å². The number of rotatable bonds is 4. The van der Waals surface area contributed by atoms with Gasteiger partial charge in [-0.25, -0.2) is 0 Å². The van der Waals surface area contributed by atoms with E-state index in [9.17, 15) is 20.4 Å². The minimum Gasteiger partial charge on any atom is -0.504 e. The zero-order valence-corrected chi connectivity index (χ0v) is 31.5. The Morgan fingerprint density at radius 2 is 0.982 bits per heavy atom. The maximum atomic E-state index is 11.5. The van der Waals surface area contributed by atoms with Crippen LogP contribution in [0.4, 0.5) is 17.1 Å². The normalized spacial score (nSPS) is 11.9. The first kappa shape index (κ1) is 32.6. The lowest BCUT2D eigenvalue weighted by Crippen LogP contribution is -2.11. The third-order valence-corrected chi connectivity index (χ3v) is 13.6. The molecular formula is C49H31NO4S2. The van der Waals surface area contributed by atoms with Gasteiger partial charge in [0, 0.05) is 57.3 Å². The van der Waals surface area contributed by atoms with Crippen molar-refractivity contribution in [1.29, 1.82) is 0 Å². The van der Waals surface area contributed by atoms with Crippen LogP contribution in [0.15, 0.2) is 146 Å². The molecule has 56 heavy (non-hydrogen) atoms. The molecule has 11 aromatic rings. The number of benzene rings is 9. The van der Waals surface area contributed by atoms with Crippen molar-refractivity contribution in [2.45, 2.75) is 6.92 Å². The van der Waals surface area contributed by atoms with E-state index in [1.807, 2.05) is 59.9 Å². The van der Waals surface area contributed by atoms with Gasteiger partial charge in [-0.3, -0.25) is 0 Å². The lowest BCUT2D eigenvalue weighted by atomic mass is 9.94. The van der Waals surface area contributed by atoms with Gasteiger partial charge in [-0.2, -0.15) is 0 Å². The third kappa shape index (κ3) is 4.65. The van der Waals surface area contributed by atoms with E-state index in [-0.39, 0.29) is 11.3 Å². The topological polar surface area (TPSA) is 84.2 Å². The molecule has 0 bridgehead atoms. The molecule has 11 rings (SSSR count). The molecule has 0 saturated heterocycles. The van der Waals surface area contributed by atoms with E-state index >= 15 is 0 Å². The second-order valence-corrected chi connectivity index (χ2v) is 16.4. The number of phenolic OH excluding ortho intramolecular Hbond substituents is 4. The van der Waals surface area contributed by atoms with Crippen LogP contribution < -0.4 is 4.90 Å². The standard InChI is InChI=1S/C49H31NO4S2/c1-26-44(51)46(53)43(47(54)45(26)52)50(31-20-23-40-39(24-31)36-21-16-27-8-2-4-10-32(27)48(36)55-40)30-18-14-29(15-19-30)38-25-41-42(35-13-7-6-12-34(35)38)37-22-17-28-9-3-5-11-33(28)49(37)56-41/h2-25,51-54H,1H3. The average molecular weight is 762 g/mol. The van der Waals surface area contributed by atoms with Crippen LogP contribution in [-0.4, -0.2) is 20.4 Å². The van der Waals surface area contributed by atoms with Crippen molar-refractivity contribution < 1.29 is 20.4 Å². The fourth-order valence-electron chi connectivity index (χ4n) is 8.45. The molecule has 268 valence electrons. The summed E-state index contributed by atoms with van der Waals surface area (Å²) in [4.78, 5) is 1.69. The highest BCUT2D eigenvalue weighted by atomic mass is 32.1. The van der Waals surface area contributed by atoms with Crippen LogP contribution in [0.5, 0.6) is 23.0 Å². The van der Waals surface area contributed by atoms with E-state index in [2.05, 4.69) is 97.1 Å². The molecule has 2 aromatic heterocycles. The molecule has 7 heteroatoms. The number of hydrogen-bond donors (Lipinski definition) is 4. The van der Waals surface area contributed by atoms with Crippen molar-refractivity contribution >= 4 is 112 Å². The van der Waals surface area contributed by atoms with Gasteiger partial charge in [-0.1, -0.05) is 109 Å². The molecule has 0 amide bonds. The number of nitrogens with zero attached hydrogens (tertiary/aromatic N) is 1. The first-order valence-corrected chi connectivity index (χ1v) is 20.0. The van der Waals surface area contributed by atoms with Gasteiger partial charge in [0.05, 0.1) is 0 Å². The number of fused-ring (bicyclic) bond motifs is 12. The lowest BCUT2D eigenvalue weighted by molar-refractivity contribution is 0.370. The highest BCUT2D eigenvalue weighted by Gasteiger charge is 2.28. The van der Waals surface area contributed by atoms with Crippen LogP contribution in [0.25, 0.3) is 83.8 Å². The number of aromatic hydroxyl groups is 4. The van der Waals surface area contributed by atoms with E-state index in [0.717, 1.165) is 32.0 Å². The van der Waals surface area contributed by atoms with Crippen molar-refractivity contribution in [3.05, 3.63) is 151 Å². The fourth-order valence-corrected chi connectivity index (χ4v) is 11.0. The first-order valence-electron chi connectivity index (χ1n) is 18.3. The Labute approximate surface area is 328 Å². The van der Waals surface area contributed by atoms with E-state index in [1.54, 1.807) is 16.2 Å². The van der Waals surface area contributed by atoms with Gasteiger partial charge in [0.1, 0.15) is 5.69 Å². The fraction of sp³-hybridized carbons (Fsp3) is 0.0204. The summed E-state index contributed by atoms with van der Waals surface area (Å²) in [6.45, 7) is 1.45. The van der Waals surface area contributed by atoms with Gasteiger partial charge in [-0.05, 0) is 86.8 Å². The van der Waals surface area contributed by atoms with Crippen LogP contribution >= 0.6 is 22.7 Å². The maximum Gasteiger partial charge on any atom is 0.186 e. The highest BCUT2D eigenvalue weighted by Crippen LogP contribution is 2.56. The number of phenols is 4. The predicted octanol–water partition coefficient (Wildman–Crippen LogP) is 14.1. The molecule has 0 atom stereocenters. The largest absolute Gasteiger partial charge is 0.504 e. The summed E-state index contributed by atoms with van der Waals surface area (Å²) in [5.41, 5.74) is 3.22. The Morgan fingerprint density at radius 3 is 1.66 bits per heavy atom. The molecule has 0 fully saturated rings. The summed E-state index contributed by atoms with van der Waals surface area (Å²) in [6.07, 6.45) is 0. The highest BCUT2D eigenvalue weighted by molar-refractivity contribution is 7.27. The second kappa shape index (κ2) is 12.1. The summed E-state index contributed by atoms with van der Waals surface area (Å²) in [6, 6.07) is 50.4. The molecule has 0 saturated carbocycles. The smallest absolute Gasteiger partial charge is 0.186 e. The average Bonchev–Trinajstić information content (AvgIpc) is 3.82. The molecular weight excluding hydrogens is 731 g/mol. The summed E-state index contributed by atoms with van der Waals surface area (Å²) in [5.74, 6) is -2.06. The van der Waals surface area contributed by atoms with E-state index in [1.165, 1.54) is 58.7 Å². The van der Waals surface area contributed by atoms with Crippen LogP contribution in [0.1, 0.15) is 5.56 Å². The molecule has 0 aliphatic heterocycles. The van der Waals surface area contributed by atoms with Crippen LogP contribution in [0, 0.1) is 6.92 Å². The van der Waals surface area contributed by atoms with Gasteiger partial charge in [0.25, 0.3) is 0 Å². The predicted molar refractivity (Wildman–Crippen MR) is 236 cm³/mol. The Kier molecular flexibility index (Phi) is 7.05. The van der Waals surface area contributed by atoms with Crippen LogP contribution in [-0.2, 0) is 0 Å². The van der Waals surface area contributed by atoms with Gasteiger partial charge in [0.15, 0.2) is 23.0 Å². The van der Waals surface area contributed by atoms with Crippen molar-refractivity contribution in [3.8, 4) is 34.1 Å². The van der Waals surface area contributed by atoms with Gasteiger partial charge < -0.3 is 25.3 Å². The van der Waals surface area contributed by atoms with Crippen LogP contribution in [0.2, 0.25) is 0 Å². The molecule has 2 heterocycles. The monoisotopic (exact) mass is 761 g/mol. The van der Waals surface area contributed by atoms with Gasteiger partial charge >= 0.3 is 0 Å². The van der Waals surface area contributed by atoms with Gasteiger partial charge in [-0.15, -0.1) is 22.7 Å². The summed E-state index contributed by atoms with van der Waals surface area (Å²) < 4.78 is 4.76. The van der Waals surface area contributed by atoms with Crippen molar-refractivity contribution in [3.63, 3.8) is 0 Å². The zero-order valence-electron chi connectivity index (χ0n) is 29.9. The molecule has 0 spiro atoms. The Bertz CT molecular complexity index is 3410. The van der Waals surface area contributed by atoms with E-state index in [0.29, 0.717) is 11.4 Å². The summed E-state index contributed by atoms with van der Waals surface area (Å²) in [5, 5.41) is 56.6. The SMILES string of the molecule is Cc1c(O)c(O)c(N(c2ccc(-c3cc4sc5c6ccccc6ccc5c4c4ccccc34)cc2)c2ccc3sc4c5ccccc5ccc4c3c2)c(O)c1O. The molecule has 0 unspecified atom stereocenters. The molecule has 5 nitrogen and oxygen atoms in total. The first-order chi connectivity index (χ1) is 27.4. The molecule has 4 N–H and O–H groups in total. The number of hydrogen-bond acceptors (Lipinski definition) is 7. The number of thiophene rings is 2. The Balaban J connectivity index is 1.11. The maximum absolute atomic E-state index is 11.5. The van der Waals surface area contributed by atoms with Crippen LogP contribution in [0.3, 0.4) is 0 Å². The lowest BCUT2D eigenvalue weighted by Gasteiger charge is -2.28. The summed E-state index contributed by atoms with van der Waals surface area (Å²) >= 11 is 3.54. The minimum atomic E-state index is -0.531.